The number of carboxylic acids is 1. The smallest absolute Gasteiger partial charge is 0.330 e. The molecule has 2 fully saturated rings. The Balaban J connectivity index is 1.24. The molecule has 7 rings (SSSR count). The summed E-state index contributed by atoms with van der Waals surface area (Å²) in [5.74, 6) is -2.28. The second kappa shape index (κ2) is 13.9. The molecule has 1 saturated carbocycles. The first-order valence-corrected chi connectivity index (χ1v) is 17.5. The van der Waals surface area contributed by atoms with E-state index in [1.54, 1.807) is 19.4 Å². The van der Waals surface area contributed by atoms with Crippen molar-refractivity contribution < 1.29 is 33.4 Å². The van der Waals surface area contributed by atoms with E-state index in [0.717, 1.165) is 24.8 Å². The number of allylic oxidation sites excluding steroid dienone is 1. The van der Waals surface area contributed by atoms with Crippen molar-refractivity contribution in [3.05, 3.63) is 72.2 Å². The SMILES string of the molecule is COc1ccc(-c2nn([C@@H]3C[C@H]4C(=O)N[C@]5(C(=O)O)C[C@H]5/C=C\CCCCC[C@H](NC(=O)c5ccco5)C(=O)N4C3)nc2-c2nccs2)cc1. The molecule has 260 valence electrons. The van der Waals surface area contributed by atoms with Crippen LogP contribution in [0.3, 0.4) is 0 Å². The van der Waals surface area contributed by atoms with Crippen molar-refractivity contribution in [2.24, 2.45) is 5.92 Å². The number of carboxylic acid groups (broad SMARTS) is 1. The number of nitrogens with one attached hydrogen (secondary N) is 2. The summed E-state index contributed by atoms with van der Waals surface area (Å²) in [5.41, 5.74) is 0.452. The molecule has 3 aliphatic rings. The van der Waals surface area contributed by atoms with Crippen LogP contribution in [-0.4, -0.2) is 85.0 Å². The van der Waals surface area contributed by atoms with Crippen molar-refractivity contribution >= 4 is 35.0 Å². The van der Waals surface area contributed by atoms with Gasteiger partial charge in [-0.3, -0.25) is 14.4 Å². The quantitative estimate of drug-likeness (QED) is 0.238. The molecular formula is C35H37N7O7S. The lowest BCUT2D eigenvalue weighted by Crippen LogP contribution is -2.56. The molecule has 15 heteroatoms. The Morgan fingerprint density at radius 2 is 1.94 bits per heavy atom. The Bertz CT molecular complexity index is 1890. The minimum Gasteiger partial charge on any atom is -0.497 e. The fraction of sp³-hybridized carbons (Fsp3) is 0.400. The molecule has 1 saturated heterocycles. The molecule has 4 aromatic rings. The standard InChI is InChI=1S/C35H37N7O7S/c1-48-24-13-11-21(12-14-24)28-29(32-36-15-17-50-32)40-42(39-28)23-18-26-30(43)38-35(34(46)47)19-22(35)8-5-3-2-4-6-9-25(33(45)41(26)20-23)37-31(44)27-10-7-16-49-27/h5,7-8,10-17,22-23,25-26H,2-4,6,9,18-20H2,1H3,(H,37,44)(H,38,43)(H,46,47)/b8-5-/t22-,23-,25+,26+,35-/m1/s1. The molecule has 50 heavy (non-hydrogen) atoms. The number of methoxy groups -OCH3 is 1. The predicted molar refractivity (Wildman–Crippen MR) is 181 cm³/mol. The van der Waals surface area contributed by atoms with Crippen molar-refractivity contribution in [1.82, 2.24) is 35.5 Å². The molecule has 5 atom stereocenters. The van der Waals surface area contributed by atoms with Gasteiger partial charge in [0.05, 0.1) is 19.4 Å². The summed E-state index contributed by atoms with van der Waals surface area (Å²) >= 11 is 1.41. The van der Waals surface area contributed by atoms with E-state index >= 15 is 0 Å². The van der Waals surface area contributed by atoms with Crippen molar-refractivity contribution in [3.8, 4) is 27.7 Å². The lowest BCUT2D eigenvalue weighted by atomic mass is 10.0. The largest absolute Gasteiger partial charge is 0.497 e. The topological polar surface area (TPSA) is 182 Å². The van der Waals surface area contributed by atoms with Gasteiger partial charge in [0.15, 0.2) is 5.76 Å². The number of hydrogen-bond donors (Lipinski definition) is 3. The number of aliphatic carboxylic acids is 1. The Morgan fingerprint density at radius 3 is 2.66 bits per heavy atom. The summed E-state index contributed by atoms with van der Waals surface area (Å²) < 4.78 is 10.6. The van der Waals surface area contributed by atoms with Gasteiger partial charge in [-0.05, 0) is 62.1 Å². The molecule has 3 amide bonds. The number of rotatable bonds is 7. The molecule has 0 bridgehead atoms. The van der Waals surface area contributed by atoms with Crippen molar-refractivity contribution in [2.45, 2.75) is 68.6 Å². The van der Waals surface area contributed by atoms with Crippen LogP contribution in [0.1, 0.15) is 61.5 Å². The van der Waals surface area contributed by atoms with Gasteiger partial charge in [-0.15, -0.1) is 16.4 Å². The lowest BCUT2D eigenvalue weighted by molar-refractivity contribution is -0.145. The summed E-state index contributed by atoms with van der Waals surface area (Å²) in [7, 11) is 1.59. The normalized spacial score (nSPS) is 26.1. The van der Waals surface area contributed by atoms with Crippen molar-refractivity contribution in [2.75, 3.05) is 13.7 Å². The third-order valence-corrected chi connectivity index (χ3v) is 10.4. The predicted octanol–water partition coefficient (Wildman–Crippen LogP) is 4.09. The highest BCUT2D eigenvalue weighted by Gasteiger charge is 2.61. The fourth-order valence-corrected chi connectivity index (χ4v) is 7.42. The molecule has 0 unspecified atom stereocenters. The number of fused-ring (bicyclic) bond motifs is 2. The zero-order valence-electron chi connectivity index (χ0n) is 27.4. The van der Waals surface area contributed by atoms with E-state index < -0.39 is 47.4 Å². The summed E-state index contributed by atoms with van der Waals surface area (Å²) in [5, 5.41) is 28.0. The van der Waals surface area contributed by atoms with Gasteiger partial charge in [0, 0.05) is 36.0 Å². The molecule has 5 heterocycles. The number of nitrogens with zero attached hydrogens (tertiary/aromatic N) is 5. The number of aromatic nitrogens is 4. The number of hydrogen-bond acceptors (Lipinski definition) is 10. The number of thiazole rings is 1. The van der Waals surface area contributed by atoms with Crippen LogP contribution in [0.5, 0.6) is 5.75 Å². The fourth-order valence-electron chi connectivity index (χ4n) is 6.80. The zero-order chi connectivity index (χ0) is 34.8. The highest BCUT2D eigenvalue weighted by Crippen LogP contribution is 2.46. The number of ether oxygens (including phenoxy) is 1. The molecule has 1 aromatic carbocycles. The summed E-state index contributed by atoms with van der Waals surface area (Å²) in [4.78, 5) is 61.6. The maximum atomic E-state index is 14.4. The Labute approximate surface area is 291 Å². The third kappa shape index (κ3) is 6.52. The average molecular weight is 700 g/mol. The first kappa shape index (κ1) is 33.2. The van der Waals surface area contributed by atoms with Gasteiger partial charge in [0.2, 0.25) is 11.8 Å². The number of carbonyl (C=O) groups is 4. The molecule has 14 nitrogen and oxygen atoms in total. The van der Waals surface area contributed by atoms with Crippen LogP contribution in [0.2, 0.25) is 0 Å². The number of amides is 3. The van der Waals surface area contributed by atoms with Gasteiger partial charge in [-0.25, -0.2) is 9.78 Å². The molecule has 3 aromatic heterocycles. The number of carbonyl (C=O) groups excluding carboxylic acids is 3. The van der Waals surface area contributed by atoms with Gasteiger partial charge in [0.25, 0.3) is 5.91 Å². The maximum absolute atomic E-state index is 14.4. The molecule has 1 aliphatic carbocycles. The van der Waals surface area contributed by atoms with E-state index in [0.29, 0.717) is 35.0 Å². The van der Waals surface area contributed by atoms with Crippen LogP contribution in [0.15, 0.2) is 70.8 Å². The number of benzene rings is 1. The van der Waals surface area contributed by atoms with Crippen LogP contribution in [0, 0.1) is 5.92 Å². The monoisotopic (exact) mass is 699 g/mol. The molecule has 0 radical (unpaired) electrons. The summed E-state index contributed by atoms with van der Waals surface area (Å²) in [6.07, 6.45) is 10.7. The van der Waals surface area contributed by atoms with Crippen molar-refractivity contribution in [3.63, 3.8) is 0 Å². The Kier molecular flexibility index (Phi) is 9.23. The molecule has 2 aliphatic heterocycles. The molecule has 0 spiro atoms. The van der Waals surface area contributed by atoms with Gasteiger partial charge in [0.1, 0.15) is 39.8 Å². The second-order valence-corrected chi connectivity index (χ2v) is 13.7. The van der Waals surface area contributed by atoms with E-state index in [2.05, 4.69) is 15.6 Å². The molecular weight excluding hydrogens is 662 g/mol. The molecule has 3 N–H and O–H groups in total. The van der Waals surface area contributed by atoms with Gasteiger partial charge in [-0.1, -0.05) is 25.0 Å². The van der Waals surface area contributed by atoms with E-state index in [1.807, 2.05) is 41.8 Å². The Morgan fingerprint density at radius 1 is 1.12 bits per heavy atom. The zero-order valence-corrected chi connectivity index (χ0v) is 28.2. The van der Waals surface area contributed by atoms with Crippen LogP contribution in [0.4, 0.5) is 0 Å². The maximum Gasteiger partial charge on any atom is 0.330 e. The van der Waals surface area contributed by atoms with E-state index in [4.69, 9.17) is 19.4 Å². The van der Waals surface area contributed by atoms with E-state index in [1.165, 1.54) is 33.4 Å². The average Bonchev–Trinajstić information content (AvgIpc) is 3.77. The first-order chi connectivity index (χ1) is 24.3. The van der Waals surface area contributed by atoms with Gasteiger partial charge >= 0.3 is 5.97 Å². The highest BCUT2D eigenvalue weighted by atomic mass is 32.1. The van der Waals surface area contributed by atoms with Gasteiger partial charge < -0.3 is 29.8 Å². The van der Waals surface area contributed by atoms with Crippen LogP contribution < -0.4 is 15.4 Å². The number of furan rings is 1. The van der Waals surface area contributed by atoms with E-state index in [9.17, 15) is 24.3 Å². The third-order valence-electron chi connectivity index (χ3n) is 9.64. The summed E-state index contributed by atoms with van der Waals surface area (Å²) in [6.45, 7) is 0.0570. The van der Waals surface area contributed by atoms with E-state index in [-0.39, 0.29) is 31.1 Å². The minimum atomic E-state index is -1.45. The highest BCUT2D eigenvalue weighted by molar-refractivity contribution is 7.13. The second-order valence-electron chi connectivity index (χ2n) is 12.8. The van der Waals surface area contributed by atoms with Gasteiger partial charge in [-0.2, -0.15) is 9.90 Å². The van der Waals surface area contributed by atoms with Crippen molar-refractivity contribution in [1.29, 1.82) is 0 Å². The first-order valence-electron chi connectivity index (χ1n) is 16.7. The minimum absolute atomic E-state index is 0.0570. The Hall–Kier alpha value is -5.31. The van der Waals surface area contributed by atoms with Crippen LogP contribution >= 0.6 is 11.3 Å². The summed E-state index contributed by atoms with van der Waals surface area (Å²) in [6, 6.07) is 7.97. The van der Waals surface area contributed by atoms with Crippen LogP contribution in [0.25, 0.3) is 22.0 Å². The lowest BCUT2D eigenvalue weighted by Gasteiger charge is -2.29. The van der Waals surface area contributed by atoms with Crippen LogP contribution in [-0.2, 0) is 14.4 Å².